The van der Waals surface area contributed by atoms with E-state index in [2.05, 4.69) is 87.3 Å². The number of hydrogen-bond acceptors (Lipinski definition) is 32. The Morgan fingerprint density at radius 1 is 0.524 bits per heavy atom. The average Bonchev–Trinajstić information content (AvgIpc) is 1.65. The molecule has 0 spiro atoms. The summed E-state index contributed by atoms with van der Waals surface area (Å²) >= 11 is 0. The number of fused-ring (bicyclic) bond motifs is 3. The number of phosphoric ester groups is 1. The Morgan fingerprint density at radius 3 is 1.20 bits per heavy atom. The first-order chi connectivity index (χ1) is 48.7. The molecular weight excluding hydrogens is 1440 g/mol. The monoisotopic (exact) mass is 1510 g/mol. The third-order valence-electron chi connectivity index (χ3n) is 17.0. The molecule has 3 aliphatic rings. The number of hydrogen-bond donors (Lipinski definition) is 8. The van der Waals surface area contributed by atoms with Gasteiger partial charge in [-0.05, 0) is 36.3 Å². The summed E-state index contributed by atoms with van der Waals surface area (Å²) in [5.41, 5.74) is 21.2. The van der Waals surface area contributed by atoms with Crippen LogP contribution in [0.2, 0.25) is 18.1 Å². The fourth-order valence-corrected chi connectivity index (χ4v) is 14.9. The van der Waals surface area contributed by atoms with Crippen molar-refractivity contribution in [1.82, 2.24) is 58.6 Å². The lowest BCUT2D eigenvalue weighted by atomic mass is 10.1. The quantitative estimate of drug-likeness (QED) is 0.0118. The molecule has 0 amide bonds. The molecule has 103 heavy (non-hydrogen) atoms. The van der Waals surface area contributed by atoms with Crippen LogP contribution < -0.4 is 17.2 Å². The Labute approximate surface area is 583 Å². The lowest BCUT2D eigenvalue weighted by Gasteiger charge is -2.37. The zero-order chi connectivity index (χ0) is 74.3. The molecule has 9 heterocycles. The number of aliphatic hydroxyl groups is 1. The smallest absolute Gasteiger partial charge is 0.414 e. The van der Waals surface area contributed by atoms with Gasteiger partial charge in [-0.3, -0.25) is 48.6 Å². The third-order valence-corrected chi connectivity index (χ3v) is 25.3. The van der Waals surface area contributed by atoms with Crippen molar-refractivity contribution in [2.45, 2.75) is 133 Å². The maximum absolute atomic E-state index is 12.2. The van der Waals surface area contributed by atoms with E-state index in [4.69, 9.17) is 64.4 Å². The van der Waals surface area contributed by atoms with E-state index in [0.29, 0.717) is 58.7 Å². The van der Waals surface area contributed by atoms with Crippen molar-refractivity contribution in [3.8, 4) is 0 Å². The van der Waals surface area contributed by atoms with Gasteiger partial charge in [-0.1, -0.05) is 57.2 Å². The van der Waals surface area contributed by atoms with Crippen molar-refractivity contribution in [1.29, 1.82) is 0 Å². The van der Waals surface area contributed by atoms with E-state index < -0.39 is 96.3 Å². The van der Waals surface area contributed by atoms with Gasteiger partial charge in [0.25, 0.3) is 17.1 Å². The molecule has 0 radical (unpaired) electrons. The van der Waals surface area contributed by atoms with E-state index in [1.165, 1.54) is 60.2 Å². The van der Waals surface area contributed by atoms with Crippen LogP contribution in [0.5, 0.6) is 0 Å². The van der Waals surface area contributed by atoms with Gasteiger partial charge < -0.3 is 74.7 Å². The number of nitro benzene ring substituents is 3. The van der Waals surface area contributed by atoms with Gasteiger partial charge in [0.05, 0.1) is 108 Å². The number of aliphatic hydroxyl groups excluding tert-OH is 1. The number of rotatable bonds is 26. The summed E-state index contributed by atoms with van der Waals surface area (Å²) in [5.74, 6) is 0.661. The van der Waals surface area contributed by atoms with Crippen LogP contribution in [0.15, 0.2) is 111 Å². The summed E-state index contributed by atoms with van der Waals surface area (Å²) in [7, 11) is -18.8. The van der Waals surface area contributed by atoms with Crippen LogP contribution in [0, 0.1) is 30.3 Å². The largest absolute Gasteiger partial charge is 0.490 e. The molecule has 11 atom stereocenters. The maximum atomic E-state index is 12.2. The SMILES string of the molecule is CC(C)(C)[Si](C)(C)OC[C@H]1O[C@@H](n2cnc3c(N)ncnc32)CC1OCc1ccccc1[N+](=O)[O-].Nc1ncnc2c1ncn2[C@H]1CC(OCc2ccccc2[N+](=O)[O-])[C@@H](CO)O1.Nc1ncnc2c1ncn2[C@H]1CC(OCc2ccccc2[N+](=O)[O-])[C@@H](COP(=O)(O)OP(=O)(O)OP(=O)(O)O)O1. The topological polar surface area (TPSA) is 583 Å². The number of para-hydroxylation sites is 3. The molecule has 42 nitrogen and oxygen atoms in total. The van der Waals surface area contributed by atoms with Crippen LogP contribution >= 0.6 is 23.5 Å². The van der Waals surface area contributed by atoms with E-state index in [0.717, 1.165) is 0 Å². The fourth-order valence-electron chi connectivity index (χ4n) is 10.8. The van der Waals surface area contributed by atoms with E-state index in [-0.39, 0.29) is 95.5 Å². The van der Waals surface area contributed by atoms with E-state index >= 15 is 0 Å². The zero-order valence-corrected chi connectivity index (χ0v) is 58.9. The van der Waals surface area contributed by atoms with Gasteiger partial charge in [0.1, 0.15) is 72.5 Å². The molecule has 5 unspecified atom stereocenters. The molecule has 12 rings (SSSR count). The first-order valence-electron chi connectivity index (χ1n) is 31.0. The highest BCUT2D eigenvalue weighted by atomic mass is 31.3. The summed E-state index contributed by atoms with van der Waals surface area (Å²) in [6, 6.07) is 18.8. The summed E-state index contributed by atoms with van der Waals surface area (Å²) in [4.78, 5) is 106. The van der Waals surface area contributed by atoms with E-state index in [1.54, 1.807) is 59.7 Å². The molecule has 0 saturated carbocycles. The lowest BCUT2D eigenvalue weighted by molar-refractivity contribution is -0.386. The minimum absolute atomic E-state index is 0.00806. The highest BCUT2D eigenvalue weighted by Gasteiger charge is 2.46. The Hall–Kier alpha value is -8.78. The molecule has 3 saturated heterocycles. The summed E-state index contributed by atoms with van der Waals surface area (Å²) in [6.07, 6.45) is 3.81. The van der Waals surface area contributed by atoms with Gasteiger partial charge >= 0.3 is 23.5 Å². The van der Waals surface area contributed by atoms with Gasteiger partial charge in [0.15, 0.2) is 42.7 Å². The molecule has 6 aromatic heterocycles. The van der Waals surface area contributed by atoms with Crippen molar-refractivity contribution >= 4 is 99.8 Å². The molecule has 11 N–H and O–H groups in total. The Morgan fingerprint density at radius 2 is 0.864 bits per heavy atom. The van der Waals surface area contributed by atoms with Crippen molar-refractivity contribution in [2.24, 2.45) is 0 Å². The predicted octanol–water partition coefficient (Wildman–Crippen LogP) is 6.93. The van der Waals surface area contributed by atoms with Crippen LogP contribution in [0.25, 0.3) is 33.5 Å². The van der Waals surface area contributed by atoms with Crippen molar-refractivity contribution in [3.63, 3.8) is 0 Å². The van der Waals surface area contributed by atoms with Crippen LogP contribution in [-0.4, -0.2) is 163 Å². The van der Waals surface area contributed by atoms with Gasteiger partial charge in [0.2, 0.25) is 0 Å². The molecule has 46 heteroatoms. The minimum atomic E-state index is -5.74. The van der Waals surface area contributed by atoms with Gasteiger partial charge in [0, 0.05) is 37.5 Å². The molecular formula is C57H71N18O24P3Si. The van der Waals surface area contributed by atoms with Crippen molar-refractivity contribution in [2.75, 3.05) is 37.0 Å². The standard InChI is InChI=1S/C23H32N6O5Si.C17H21N6O14P3.C17H18N6O5/c1-23(2,3)35(4,5)33-12-18-17(32-11-15-8-6-7-9-16(15)29(30)31)10-19(34-18)28-14-27-20-21(24)25-13-26-22(20)28;18-16-15-17(20-8-19-16)22(9-21-15)14-5-12(33-6-10-3-1-2-4-11(10)23(24)25)13(35-14)7-34-39(29,30)37-40(31,32)36-38(26,27)28;18-16-15-17(20-8-19-16)22(9-21-15)14-5-12(13(6-24)28-14)27-7-10-3-1-2-4-11(10)23(25)26/h6-9,13-14,17-19H,10-12H2,1-5H3,(H2,24,25,26);1-4,8-9,12-14H,5-7H2,(H,29,30)(H,31,32)(H2,18,19,20)(H2,26,27,28);1-4,8-9,12-14,24H,5-7H2,(H2,18,19,20)/t17?,18-,19-;2*12?,13-,14-/m111/s1. The van der Waals surface area contributed by atoms with Gasteiger partial charge in [-0.15, -0.1) is 0 Å². The average molecular weight is 1510 g/mol. The minimum Gasteiger partial charge on any atom is -0.414 e. The second kappa shape index (κ2) is 32.1. The fraction of sp³-hybridized carbons (Fsp3) is 0.421. The summed E-state index contributed by atoms with van der Waals surface area (Å²) in [6.45, 7) is 10.1. The molecule has 3 aliphatic heterocycles. The first kappa shape index (κ1) is 76.8. The number of phosphoric acid groups is 3. The van der Waals surface area contributed by atoms with Crippen molar-refractivity contribution < 1.29 is 99.1 Å². The second-order valence-corrected chi connectivity index (χ2v) is 33.9. The van der Waals surface area contributed by atoms with Crippen LogP contribution in [0.4, 0.5) is 34.5 Å². The molecule has 0 aliphatic carbocycles. The lowest BCUT2D eigenvalue weighted by Crippen LogP contribution is -2.44. The summed E-state index contributed by atoms with van der Waals surface area (Å²) in [5, 5.41) is 43.6. The van der Waals surface area contributed by atoms with Crippen LogP contribution in [0.1, 0.15) is 75.4 Å². The zero-order valence-electron chi connectivity index (χ0n) is 55.2. The highest BCUT2D eigenvalue weighted by molar-refractivity contribution is 7.66. The number of ether oxygens (including phenoxy) is 6. The number of nitrogens with two attached hydrogens (primary N) is 3. The second-order valence-electron chi connectivity index (χ2n) is 24.7. The number of anilines is 3. The van der Waals surface area contributed by atoms with Gasteiger partial charge in [-0.2, -0.15) is 8.62 Å². The van der Waals surface area contributed by atoms with Crippen molar-refractivity contribution in [3.05, 3.63) is 158 Å². The number of nitro groups is 3. The Kier molecular flexibility index (Phi) is 23.9. The highest BCUT2D eigenvalue weighted by Crippen LogP contribution is 2.66. The number of imidazole rings is 3. The first-order valence-corrected chi connectivity index (χ1v) is 38.4. The molecule has 0 bridgehead atoms. The number of benzene rings is 3. The number of nitrogen functional groups attached to an aromatic ring is 3. The predicted molar refractivity (Wildman–Crippen MR) is 360 cm³/mol. The normalized spacial score (nSPS) is 21.9. The summed E-state index contributed by atoms with van der Waals surface area (Å²) < 4.78 is 94.4. The van der Waals surface area contributed by atoms with Crippen LogP contribution in [0.3, 0.4) is 0 Å². The Balaban J connectivity index is 0.000000168. The number of nitrogens with zero attached hydrogens (tertiary/aromatic N) is 15. The molecule has 552 valence electrons. The van der Waals surface area contributed by atoms with Crippen LogP contribution in [-0.2, 0) is 79.5 Å². The molecule has 3 fully saturated rings. The number of aromatic nitrogens is 12. The maximum Gasteiger partial charge on any atom is 0.490 e. The van der Waals surface area contributed by atoms with E-state index in [9.17, 15) is 58.9 Å². The van der Waals surface area contributed by atoms with Gasteiger partial charge in [-0.25, -0.2) is 58.6 Å². The Bertz CT molecular complexity index is 4680. The molecule has 3 aromatic carbocycles. The third kappa shape index (κ3) is 18.8. The molecule has 9 aromatic rings. The van der Waals surface area contributed by atoms with E-state index in [1.807, 2.05) is 4.57 Å².